The summed E-state index contributed by atoms with van der Waals surface area (Å²) in [5.74, 6) is 0. The van der Waals surface area contributed by atoms with E-state index in [-0.39, 0.29) is 13.1 Å². The van der Waals surface area contributed by atoms with Gasteiger partial charge in [-0.3, -0.25) is 4.74 Å². The van der Waals surface area contributed by atoms with Gasteiger partial charge in [-0.1, -0.05) is 15.9 Å². The van der Waals surface area contributed by atoms with E-state index >= 15 is 0 Å². The summed E-state index contributed by atoms with van der Waals surface area (Å²) in [6, 6.07) is 0. The van der Waals surface area contributed by atoms with Gasteiger partial charge in [-0.25, -0.2) is 4.79 Å². The standard InChI is InChI=1S/C11H17BrF3NO3/c1-9(2,3)18-8(17)16-5-7(12)10(4,6-16)19-11(13,14)15/h7H,5-6H2,1-4H3. The van der Waals surface area contributed by atoms with Crippen molar-refractivity contribution in [1.29, 1.82) is 0 Å². The van der Waals surface area contributed by atoms with Crippen molar-refractivity contribution in [1.82, 2.24) is 4.90 Å². The fourth-order valence-corrected chi connectivity index (χ4v) is 2.34. The highest BCUT2D eigenvalue weighted by Crippen LogP contribution is 2.36. The average molecular weight is 348 g/mol. The van der Waals surface area contributed by atoms with Crippen LogP contribution in [0.4, 0.5) is 18.0 Å². The molecular formula is C11H17BrF3NO3. The Balaban J connectivity index is 2.72. The Labute approximate surface area is 118 Å². The molecule has 0 saturated carbocycles. The van der Waals surface area contributed by atoms with Crippen molar-refractivity contribution >= 4 is 22.0 Å². The maximum absolute atomic E-state index is 12.3. The Morgan fingerprint density at radius 2 is 1.89 bits per heavy atom. The lowest BCUT2D eigenvalue weighted by Crippen LogP contribution is -2.44. The zero-order chi connectivity index (χ0) is 15.1. The third-order valence-electron chi connectivity index (χ3n) is 2.55. The number of hydrogen-bond acceptors (Lipinski definition) is 3. The van der Waals surface area contributed by atoms with Gasteiger partial charge in [-0.05, 0) is 27.7 Å². The average Bonchev–Trinajstić information content (AvgIpc) is 2.36. The van der Waals surface area contributed by atoms with Crippen LogP contribution in [0.1, 0.15) is 27.7 Å². The number of ether oxygens (including phenoxy) is 2. The molecule has 2 atom stereocenters. The van der Waals surface area contributed by atoms with Gasteiger partial charge in [0.2, 0.25) is 0 Å². The first-order valence-electron chi connectivity index (χ1n) is 5.71. The van der Waals surface area contributed by atoms with E-state index in [2.05, 4.69) is 20.7 Å². The van der Waals surface area contributed by atoms with Gasteiger partial charge in [-0.15, -0.1) is 13.2 Å². The van der Waals surface area contributed by atoms with Gasteiger partial charge in [-0.2, -0.15) is 0 Å². The van der Waals surface area contributed by atoms with Crippen molar-refractivity contribution in [2.75, 3.05) is 13.1 Å². The van der Waals surface area contributed by atoms with Crippen LogP contribution in [0.2, 0.25) is 0 Å². The molecule has 8 heteroatoms. The van der Waals surface area contributed by atoms with Crippen LogP contribution in [0.15, 0.2) is 0 Å². The SMILES string of the molecule is CC(C)(C)OC(=O)N1CC(Br)C(C)(OC(F)(F)F)C1. The number of carbonyl (C=O) groups excluding carboxylic acids is 1. The van der Waals surface area contributed by atoms with Gasteiger partial charge in [0.1, 0.15) is 11.2 Å². The fraction of sp³-hybridized carbons (Fsp3) is 0.909. The van der Waals surface area contributed by atoms with Crippen LogP contribution >= 0.6 is 15.9 Å². The highest BCUT2D eigenvalue weighted by atomic mass is 79.9. The largest absolute Gasteiger partial charge is 0.523 e. The Kier molecular flexibility index (Phi) is 4.46. The molecule has 0 aromatic rings. The molecule has 1 amide bonds. The molecule has 2 unspecified atom stereocenters. The maximum atomic E-state index is 12.3. The smallest absolute Gasteiger partial charge is 0.444 e. The normalized spacial score (nSPS) is 28.6. The van der Waals surface area contributed by atoms with E-state index in [1.165, 1.54) is 11.8 Å². The predicted octanol–water partition coefficient (Wildman–Crippen LogP) is 3.30. The molecule has 1 rings (SSSR count). The number of nitrogens with zero attached hydrogens (tertiary/aromatic N) is 1. The summed E-state index contributed by atoms with van der Waals surface area (Å²) >= 11 is 3.13. The molecule has 0 aliphatic carbocycles. The molecule has 1 fully saturated rings. The van der Waals surface area contributed by atoms with E-state index < -0.39 is 28.5 Å². The lowest BCUT2D eigenvalue weighted by molar-refractivity contribution is -0.360. The van der Waals surface area contributed by atoms with Crippen LogP contribution in [0.3, 0.4) is 0 Å². The molecule has 4 nitrogen and oxygen atoms in total. The summed E-state index contributed by atoms with van der Waals surface area (Å²) in [6.45, 7) is 6.30. The van der Waals surface area contributed by atoms with Crippen LogP contribution in [-0.2, 0) is 9.47 Å². The Bertz CT molecular complexity index is 356. The first-order chi connectivity index (χ1) is 8.32. The highest BCUT2D eigenvalue weighted by molar-refractivity contribution is 9.09. The number of likely N-dealkylation sites (tertiary alicyclic amines) is 1. The zero-order valence-electron chi connectivity index (χ0n) is 11.2. The number of hydrogen-bond donors (Lipinski definition) is 0. The van der Waals surface area contributed by atoms with Gasteiger partial charge in [0, 0.05) is 6.54 Å². The van der Waals surface area contributed by atoms with E-state index in [0.29, 0.717) is 0 Å². The highest BCUT2D eigenvalue weighted by Gasteiger charge is 2.51. The van der Waals surface area contributed by atoms with Crippen molar-refractivity contribution in [3.63, 3.8) is 0 Å². The van der Waals surface area contributed by atoms with E-state index in [4.69, 9.17) is 4.74 Å². The molecule has 0 aromatic carbocycles. The molecule has 0 radical (unpaired) electrons. The lowest BCUT2D eigenvalue weighted by Gasteiger charge is -2.29. The van der Waals surface area contributed by atoms with E-state index in [9.17, 15) is 18.0 Å². The molecule has 1 aliphatic heterocycles. The summed E-state index contributed by atoms with van der Waals surface area (Å²) in [5.41, 5.74) is -2.21. The molecule has 0 N–H and O–H groups in total. The van der Waals surface area contributed by atoms with Crippen molar-refractivity contribution in [3.05, 3.63) is 0 Å². The minimum atomic E-state index is -4.75. The van der Waals surface area contributed by atoms with Crippen molar-refractivity contribution in [2.24, 2.45) is 0 Å². The summed E-state index contributed by atoms with van der Waals surface area (Å²) in [5, 5.41) is 0. The molecule has 19 heavy (non-hydrogen) atoms. The zero-order valence-corrected chi connectivity index (χ0v) is 12.8. The second kappa shape index (κ2) is 5.12. The van der Waals surface area contributed by atoms with Crippen LogP contribution in [-0.4, -0.2) is 46.5 Å². The quantitative estimate of drug-likeness (QED) is 0.683. The Hall–Kier alpha value is -0.500. The maximum Gasteiger partial charge on any atom is 0.523 e. The molecule has 0 spiro atoms. The number of amides is 1. The van der Waals surface area contributed by atoms with Crippen molar-refractivity contribution in [2.45, 2.75) is 50.1 Å². The third kappa shape index (κ3) is 4.83. The van der Waals surface area contributed by atoms with Crippen LogP contribution < -0.4 is 0 Å². The predicted molar refractivity (Wildman–Crippen MR) is 66.1 cm³/mol. The van der Waals surface area contributed by atoms with Gasteiger partial charge < -0.3 is 9.64 Å². The van der Waals surface area contributed by atoms with Crippen LogP contribution in [0.25, 0.3) is 0 Å². The van der Waals surface area contributed by atoms with Crippen LogP contribution in [0.5, 0.6) is 0 Å². The van der Waals surface area contributed by atoms with Gasteiger partial charge in [0.25, 0.3) is 0 Å². The summed E-state index contributed by atoms with van der Waals surface area (Å²) in [6.07, 6.45) is -5.39. The number of carbonyl (C=O) groups is 1. The minimum absolute atomic E-state index is 0.0987. The third-order valence-corrected chi connectivity index (χ3v) is 3.81. The second-order valence-electron chi connectivity index (χ2n) is 5.69. The Morgan fingerprint density at radius 1 is 1.37 bits per heavy atom. The first-order valence-corrected chi connectivity index (χ1v) is 6.63. The minimum Gasteiger partial charge on any atom is -0.444 e. The van der Waals surface area contributed by atoms with E-state index in [0.717, 1.165) is 0 Å². The lowest BCUT2D eigenvalue weighted by atomic mass is 10.1. The molecule has 1 heterocycles. The van der Waals surface area contributed by atoms with Gasteiger partial charge in [0.15, 0.2) is 0 Å². The number of rotatable bonds is 1. The first kappa shape index (κ1) is 16.6. The van der Waals surface area contributed by atoms with Gasteiger partial charge >= 0.3 is 12.5 Å². The second-order valence-corrected chi connectivity index (χ2v) is 6.79. The molecular weight excluding hydrogens is 331 g/mol. The molecule has 1 saturated heterocycles. The Morgan fingerprint density at radius 3 is 2.32 bits per heavy atom. The summed E-state index contributed by atoms with van der Waals surface area (Å²) in [7, 11) is 0. The summed E-state index contributed by atoms with van der Waals surface area (Å²) in [4.78, 5) is 12.4. The number of halogens is 4. The van der Waals surface area contributed by atoms with E-state index in [1.54, 1.807) is 20.8 Å². The molecule has 112 valence electrons. The number of alkyl halides is 4. The molecule has 1 aliphatic rings. The fourth-order valence-electron chi connectivity index (χ4n) is 1.76. The van der Waals surface area contributed by atoms with Crippen molar-refractivity contribution in [3.8, 4) is 0 Å². The molecule has 0 bridgehead atoms. The monoisotopic (exact) mass is 347 g/mol. The van der Waals surface area contributed by atoms with Crippen molar-refractivity contribution < 1.29 is 27.4 Å². The molecule has 0 aromatic heterocycles. The topological polar surface area (TPSA) is 38.8 Å². The van der Waals surface area contributed by atoms with E-state index in [1.807, 2.05) is 0 Å². The van der Waals surface area contributed by atoms with Crippen LogP contribution in [0, 0.1) is 0 Å². The summed E-state index contributed by atoms with van der Waals surface area (Å²) < 4.78 is 46.3. The van der Waals surface area contributed by atoms with Gasteiger partial charge in [0.05, 0.1) is 11.4 Å².